The van der Waals surface area contributed by atoms with Crippen molar-refractivity contribution in [3.63, 3.8) is 0 Å². The molecule has 0 fully saturated rings. The standard InChI is InChI=1S/C12H11N3OS/c1-7-2-3-9-8(4-7)5-10(16-9)12-15-14-11(6-13)17-12/h2-5H,6,13H2,1H3. The lowest BCUT2D eigenvalue weighted by molar-refractivity contribution is 0.629. The van der Waals surface area contributed by atoms with Gasteiger partial charge in [-0.05, 0) is 25.1 Å². The number of benzene rings is 1. The second-order valence-corrected chi connectivity index (χ2v) is 4.92. The van der Waals surface area contributed by atoms with Crippen LogP contribution in [0.25, 0.3) is 21.7 Å². The first-order valence-corrected chi connectivity index (χ1v) is 6.11. The van der Waals surface area contributed by atoms with E-state index in [1.54, 1.807) is 0 Å². The van der Waals surface area contributed by atoms with Crippen molar-refractivity contribution in [2.75, 3.05) is 0 Å². The SMILES string of the molecule is Cc1ccc2oc(-c3nnc(CN)s3)cc2c1. The number of furan rings is 1. The molecule has 3 aromatic rings. The van der Waals surface area contributed by atoms with Crippen molar-refractivity contribution in [3.05, 3.63) is 34.8 Å². The normalized spacial score (nSPS) is 11.2. The van der Waals surface area contributed by atoms with Crippen LogP contribution in [0.1, 0.15) is 10.6 Å². The minimum atomic E-state index is 0.414. The van der Waals surface area contributed by atoms with Crippen molar-refractivity contribution in [3.8, 4) is 10.8 Å². The molecule has 0 saturated carbocycles. The Bertz CT molecular complexity index is 671. The fourth-order valence-corrected chi connectivity index (χ4v) is 2.37. The lowest BCUT2D eigenvalue weighted by atomic mass is 10.2. The van der Waals surface area contributed by atoms with Crippen LogP contribution in [-0.4, -0.2) is 10.2 Å². The molecule has 3 rings (SSSR count). The monoisotopic (exact) mass is 245 g/mol. The first kappa shape index (κ1) is 10.4. The van der Waals surface area contributed by atoms with Crippen molar-refractivity contribution >= 4 is 22.3 Å². The predicted octanol–water partition coefficient (Wildman–Crippen LogP) is 2.72. The molecule has 0 amide bonds. The minimum absolute atomic E-state index is 0.414. The maximum atomic E-state index is 5.73. The Morgan fingerprint density at radius 1 is 1.29 bits per heavy atom. The Morgan fingerprint density at radius 3 is 2.94 bits per heavy atom. The molecule has 0 atom stereocenters. The Kier molecular flexibility index (Phi) is 2.42. The van der Waals surface area contributed by atoms with Gasteiger partial charge in [-0.25, -0.2) is 0 Å². The first-order chi connectivity index (χ1) is 8.26. The zero-order chi connectivity index (χ0) is 11.8. The van der Waals surface area contributed by atoms with Crippen LogP contribution in [0, 0.1) is 6.92 Å². The van der Waals surface area contributed by atoms with Gasteiger partial charge in [0.2, 0.25) is 0 Å². The lowest BCUT2D eigenvalue weighted by Gasteiger charge is -1.89. The van der Waals surface area contributed by atoms with Crippen LogP contribution < -0.4 is 5.73 Å². The fourth-order valence-electron chi connectivity index (χ4n) is 1.70. The van der Waals surface area contributed by atoms with Crippen molar-refractivity contribution < 1.29 is 4.42 Å². The minimum Gasteiger partial charge on any atom is -0.453 e. The van der Waals surface area contributed by atoms with Gasteiger partial charge in [0.25, 0.3) is 0 Å². The highest BCUT2D eigenvalue weighted by Gasteiger charge is 2.11. The zero-order valence-electron chi connectivity index (χ0n) is 9.30. The van der Waals surface area contributed by atoms with Crippen LogP contribution >= 0.6 is 11.3 Å². The molecular weight excluding hydrogens is 234 g/mol. The van der Waals surface area contributed by atoms with Crippen molar-refractivity contribution in [1.82, 2.24) is 10.2 Å². The van der Waals surface area contributed by atoms with E-state index in [1.807, 2.05) is 18.2 Å². The summed E-state index contributed by atoms with van der Waals surface area (Å²) >= 11 is 1.46. The number of hydrogen-bond acceptors (Lipinski definition) is 5. The van der Waals surface area contributed by atoms with E-state index >= 15 is 0 Å². The molecule has 0 aliphatic heterocycles. The maximum absolute atomic E-state index is 5.73. The van der Waals surface area contributed by atoms with E-state index in [0.717, 1.165) is 26.7 Å². The molecule has 2 N–H and O–H groups in total. The summed E-state index contributed by atoms with van der Waals surface area (Å²) in [4.78, 5) is 0. The molecule has 0 aliphatic rings. The molecule has 0 spiro atoms. The number of fused-ring (bicyclic) bond motifs is 1. The van der Waals surface area contributed by atoms with Crippen LogP contribution in [0.5, 0.6) is 0 Å². The van der Waals surface area contributed by atoms with Gasteiger partial charge in [0.15, 0.2) is 10.8 Å². The van der Waals surface area contributed by atoms with Crippen molar-refractivity contribution in [2.45, 2.75) is 13.5 Å². The van der Waals surface area contributed by atoms with E-state index in [-0.39, 0.29) is 0 Å². The predicted molar refractivity (Wildman–Crippen MR) is 67.7 cm³/mol. The lowest BCUT2D eigenvalue weighted by Crippen LogP contribution is -1.94. The van der Waals surface area contributed by atoms with E-state index in [9.17, 15) is 0 Å². The molecule has 86 valence electrons. The van der Waals surface area contributed by atoms with Gasteiger partial charge in [-0.15, -0.1) is 10.2 Å². The summed E-state index contributed by atoms with van der Waals surface area (Å²) in [6.45, 7) is 2.47. The maximum Gasteiger partial charge on any atom is 0.183 e. The number of rotatable bonds is 2. The second-order valence-electron chi connectivity index (χ2n) is 3.86. The van der Waals surface area contributed by atoms with E-state index < -0.39 is 0 Å². The Morgan fingerprint density at radius 2 is 2.18 bits per heavy atom. The topological polar surface area (TPSA) is 64.9 Å². The van der Waals surface area contributed by atoms with Crippen LogP contribution in [0.15, 0.2) is 28.7 Å². The molecule has 2 aromatic heterocycles. The van der Waals surface area contributed by atoms with Gasteiger partial charge in [-0.2, -0.15) is 0 Å². The molecule has 4 nitrogen and oxygen atoms in total. The van der Waals surface area contributed by atoms with Gasteiger partial charge in [0.1, 0.15) is 10.6 Å². The first-order valence-electron chi connectivity index (χ1n) is 5.29. The van der Waals surface area contributed by atoms with E-state index in [1.165, 1.54) is 16.9 Å². The number of hydrogen-bond donors (Lipinski definition) is 1. The molecule has 0 unspecified atom stereocenters. The molecule has 0 bridgehead atoms. The molecular formula is C12H11N3OS. The highest BCUT2D eigenvalue weighted by Crippen LogP contribution is 2.30. The van der Waals surface area contributed by atoms with Gasteiger partial charge in [0, 0.05) is 11.9 Å². The number of aryl methyl sites for hydroxylation is 1. The average molecular weight is 245 g/mol. The van der Waals surface area contributed by atoms with Gasteiger partial charge in [0.05, 0.1) is 0 Å². The largest absolute Gasteiger partial charge is 0.453 e. The fraction of sp³-hybridized carbons (Fsp3) is 0.167. The van der Waals surface area contributed by atoms with Crippen LogP contribution in [0.4, 0.5) is 0 Å². The van der Waals surface area contributed by atoms with Gasteiger partial charge in [-0.1, -0.05) is 23.0 Å². The second kappa shape index (κ2) is 3.94. The highest BCUT2D eigenvalue weighted by atomic mass is 32.1. The van der Waals surface area contributed by atoms with Gasteiger partial charge < -0.3 is 10.2 Å². The van der Waals surface area contributed by atoms with Gasteiger partial charge in [-0.3, -0.25) is 0 Å². The highest BCUT2D eigenvalue weighted by molar-refractivity contribution is 7.14. The van der Waals surface area contributed by atoms with Gasteiger partial charge >= 0.3 is 0 Å². The third kappa shape index (κ3) is 1.83. The summed E-state index contributed by atoms with van der Waals surface area (Å²) < 4.78 is 5.73. The van der Waals surface area contributed by atoms with Crippen LogP contribution in [-0.2, 0) is 6.54 Å². The smallest absolute Gasteiger partial charge is 0.183 e. The molecule has 0 aliphatic carbocycles. The Labute approximate surface area is 102 Å². The molecule has 1 aromatic carbocycles. The molecule has 0 saturated heterocycles. The molecule has 2 heterocycles. The summed E-state index contributed by atoms with van der Waals surface area (Å²) in [5, 5.41) is 10.7. The summed E-state index contributed by atoms with van der Waals surface area (Å²) in [7, 11) is 0. The van der Waals surface area contributed by atoms with E-state index in [2.05, 4.69) is 23.2 Å². The summed E-state index contributed by atoms with van der Waals surface area (Å²) in [5.74, 6) is 0.753. The third-order valence-corrected chi connectivity index (χ3v) is 3.48. The summed E-state index contributed by atoms with van der Waals surface area (Å²) in [6.07, 6.45) is 0. The average Bonchev–Trinajstić information content (AvgIpc) is 2.93. The zero-order valence-corrected chi connectivity index (χ0v) is 10.1. The quantitative estimate of drug-likeness (QED) is 0.754. The number of nitrogens with two attached hydrogens (primary N) is 1. The molecule has 5 heteroatoms. The summed E-state index contributed by atoms with van der Waals surface area (Å²) in [5.41, 5.74) is 7.60. The third-order valence-electron chi connectivity index (χ3n) is 2.52. The van der Waals surface area contributed by atoms with Crippen LogP contribution in [0.3, 0.4) is 0 Å². The number of nitrogens with zero attached hydrogens (tertiary/aromatic N) is 2. The van der Waals surface area contributed by atoms with Crippen LogP contribution in [0.2, 0.25) is 0 Å². The van der Waals surface area contributed by atoms with E-state index in [0.29, 0.717) is 6.54 Å². The van der Waals surface area contributed by atoms with Crippen molar-refractivity contribution in [1.29, 1.82) is 0 Å². The number of aromatic nitrogens is 2. The Balaban J connectivity index is 2.11. The van der Waals surface area contributed by atoms with E-state index in [4.69, 9.17) is 10.2 Å². The molecule has 17 heavy (non-hydrogen) atoms. The molecule has 0 radical (unpaired) electrons. The Hall–Kier alpha value is -1.72. The summed E-state index contributed by atoms with van der Waals surface area (Å²) in [6, 6.07) is 8.08. The van der Waals surface area contributed by atoms with Crippen molar-refractivity contribution in [2.24, 2.45) is 5.73 Å².